The number of nitrogens with one attached hydrogen (secondary N) is 2. The van der Waals surface area contributed by atoms with Crippen LogP contribution in [-0.2, 0) is 13.2 Å². The Bertz CT molecular complexity index is 423. The normalized spacial score (nSPS) is 10.3. The average molecular weight is 254 g/mol. The summed E-state index contributed by atoms with van der Waals surface area (Å²) in [4.78, 5) is 14.4. The van der Waals surface area contributed by atoms with Gasteiger partial charge < -0.3 is 26.6 Å². The molecule has 0 saturated heterocycles. The van der Waals surface area contributed by atoms with Crippen LogP contribution in [0.4, 0.5) is 4.79 Å². The molecule has 0 aromatic carbocycles. The molecule has 0 bridgehead atoms. The molecule has 0 saturated carbocycles. The summed E-state index contributed by atoms with van der Waals surface area (Å²) in [5.41, 5.74) is 6.62. The van der Waals surface area contributed by atoms with E-state index in [0.717, 1.165) is 0 Å². The topological polar surface area (TPSA) is 121 Å². The van der Waals surface area contributed by atoms with Gasteiger partial charge in [0.25, 0.3) is 0 Å². The molecule has 0 aliphatic heterocycles. The molecule has 0 aliphatic carbocycles. The van der Waals surface area contributed by atoms with Crippen molar-refractivity contribution in [2.75, 3.05) is 13.1 Å². The van der Waals surface area contributed by atoms with Crippen LogP contribution >= 0.6 is 0 Å². The molecule has 2 amide bonds. The van der Waals surface area contributed by atoms with Gasteiger partial charge in [0, 0.05) is 37.0 Å². The summed E-state index contributed by atoms with van der Waals surface area (Å²) in [5.74, 6) is 0.0805. The second-order valence-corrected chi connectivity index (χ2v) is 3.82. The van der Waals surface area contributed by atoms with E-state index >= 15 is 0 Å². The summed E-state index contributed by atoms with van der Waals surface area (Å²) in [6, 6.07) is -0.574. The molecule has 7 heteroatoms. The molecule has 1 heterocycles. The quantitative estimate of drug-likeness (QED) is 0.432. The number of aryl methyl sites for hydroxylation is 1. The number of carbonyl (C=O) groups is 1. The first-order valence-corrected chi connectivity index (χ1v) is 5.57. The van der Waals surface area contributed by atoms with Crippen LogP contribution in [0.15, 0.2) is 6.20 Å². The molecule has 6 N–H and O–H groups in total. The van der Waals surface area contributed by atoms with Crippen molar-refractivity contribution in [2.24, 2.45) is 5.73 Å². The second-order valence-electron chi connectivity index (χ2n) is 3.82. The number of aliphatic hydroxyl groups excluding tert-OH is 1. The molecule has 0 aliphatic rings. The monoisotopic (exact) mass is 254 g/mol. The van der Waals surface area contributed by atoms with E-state index < -0.39 is 6.03 Å². The van der Waals surface area contributed by atoms with E-state index in [-0.39, 0.29) is 12.4 Å². The van der Waals surface area contributed by atoms with Crippen LogP contribution < -0.4 is 16.4 Å². The second kappa shape index (κ2) is 6.77. The highest BCUT2D eigenvalue weighted by Gasteiger charge is 2.10. The van der Waals surface area contributed by atoms with Crippen molar-refractivity contribution in [3.8, 4) is 5.75 Å². The molecule has 1 rings (SSSR count). The Hall–Kier alpha value is -1.86. The van der Waals surface area contributed by atoms with Crippen molar-refractivity contribution < 1.29 is 15.0 Å². The third-order valence-corrected chi connectivity index (χ3v) is 2.50. The maximum absolute atomic E-state index is 10.4. The number of hydrogen-bond donors (Lipinski definition) is 5. The Morgan fingerprint density at radius 1 is 1.50 bits per heavy atom. The molecule has 0 spiro atoms. The smallest absolute Gasteiger partial charge is 0.312 e. The number of amides is 2. The number of pyridine rings is 1. The summed E-state index contributed by atoms with van der Waals surface area (Å²) in [6.45, 7) is 2.79. The summed E-state index contributed by atoms with van der Waals surface area (Å²) in [7, 11) is 0. The number of aromatic hydroxyl groups is 1. The van der Waals surface area contributed by atoms with Gasteiger partial charge in [-0.15, -0.1) is 0 Å². The SMILES string of the molecule is Cc1ncc(CO)c(CNCCNC(N)=O)c1O. The van der Waals surface area contributed by atoms with Crippen molar-refractivity contribution in [1.29, 1.82) is 0 Å². The number of aromatic nitrogens is 1. The molecule has 18 heavy (non-hydrogen) atoms. The Morgan fingerprint density at radius 3 is 2.83 bits per heavy atom. The van der Waals surface area contributed by atoms with E-state index in [1.54, 1.807) is 6.92 Å². The van der Waals surface area contributed by atoms with E-state index in [0.29, 0.717) is 36.5 Å². The van der Waals surface area contributed by atoms with E-state index in [2.05, 4.69) is 15.6 Å². The molecule has 1 aromatic rings. The summed E-state index contributed by atoms with van der Waals surface area (Å²) in [6.07, 6.45) is 1.54. The summed E-state index contributed by atoms with van der Waals surface area (Å²) in [5, 5.41) is 24.5. The molecular formula is C11H18N4O3. The Balaban J connectivity index is 2.55. The maximum Gasteiger partial charge on any atom is 0.312 e. The lowest BCUT2D eigenvalue weighted by molar-refractivity contribution is 0.249. The van der Waals surface area contributed by atoms with Crippen molar-refractivity contribution >= 4 is 6.03 Å². The van der Waals surface area contributed by atoms with Gasteiger partial charge in [-0.1, -0.05) is 0 Å². The van der Waals surface area contributed by atoms with Gasteiger partial charge in [-0.3, -0.25) is 4.98 Å². The fraction of sp³-hybridized carbons (Fsp3) is 0.455. The molecule has 100 valence electrons. The molecule has 1 aromatic heterocycles. The van der Waals surface area contributed by atoms with Crippen LogP contribution in [-0.4, -0.2) is 34.3 Å². The lowest BCUT2D eigenvalue weighted by atomic mass is 10.1. The molecule has 0 fully saturated rings. The number of aliphatic hydroxyl groups is 1. The fourth-order valence-electron chi connectivity index (χ4n) is 1.51. The number of nitrogens with zero attached hydrogens (tertiary/aromatic N) is 1. The summed E-state index contributed by atoms with van der Waals surface area (Å²) >= 11 is 0. The fourth-order valence-corrected chi connectivity index (χ4v) is 1.51. The van der Waals surface area contributed by atoms with Crippen molar-refractivity contribution in [3.63, 3.8) is 0 Å². The first kappa shape index (κ1) is 14.2. The minimum Gasteiger partial charge on any atom is -0.506 e. The third kappa shape index (κ3) is 3.86. The lowest BCUT2D eigenvalue weighted by Crippen LogP contribution is -2.35. The molecule has 0 unspecified atom stereocenters. The van der Waals surface area contributed by atoms with E-state index in [4.69, 9.17) is 10.8 Å². The van der Waals surface area contributed by atoms with Gasteiger partial charge in [-0.25, -0.2) is 4.79 Å². The Labute approximate surface area is 105 Å². The number of rotatable bonds is 6. The predicted molar refractivity (Wildman–Crippen MR) is 65.9 cm³/mol. The average Bonchev–Trinajstić information content (AvgIpc) is 2.33. The van der Waals surface area contributed by atoms with Crippen LogP contribution in [0.1, 0.15) is 16.8 Å². The number of primary amides is 1. The highest BCUT2D eigenvalue weighted by atomic mass is 16.3. The van der Waals surface area contributed by atoms with Gasteiger partial charge in [0.05, 0.1) is 12.3 Å². The van der Waals surface area contributed by atoms with Crippen LogP contribution in [0.2, 0.25) is 0 Å². The van der Waals surface area contributed by atoms with E-state index in [1.165, 1.54) is 6.20 Å². The zero-order valence-electron chi connectivity index (χ0n) is 10.2. The third-order valence-electron chi connectivity index (χ3n) is 2.50. The largest absolute Gasteiger partial charge is 0.506 e. The van der Waals surface area contributed by atoms with Crippen molar-refractivity contribution in [3.05, 3.63) is 23.0 Å². The van der Waals surface area contributed by atoms with Crippen LogP contribution in [0.3, 0.4) is 0 Å². The minimum absolute atomic E-state index is 0.0805. The molecular weight excluding hydrogens is 236 g/mol. The van der Waals surface area contributed by atoms with Gasteiger partial charge in [0.15, 0.2) is 0 Å². The first-order chi connectivity index (χ1) is 8.56. The maximum atomic E-state index is 10.4. The Morgan fingerprint density at radius 2 is 2.22 bits per heavy atom. The highest BCUT2D eigenvalue weighted by Crippen LogP contribution is 2.23. The van der Waals surface area contributed by atoms with E-state index in [1.807, 2.05) is 0 Å². The highest BCUT2D eigenvalue weighted by molar-refractivity contribution is 5.71. The zero-order valence-corrected chi connectivity index (χ0v) is 10.2. The van der Waals surface area contributed by atoms with Crippen molar-refractivity contribution in [2.45, 2.75) is 20.1 Å². The van der Waals surface area contributed by atoms with E-state index in [9.17, 15) is 9.90 Å². The summed E-state index contributed by atoms with van der Waals surface area (Å²) < 4.78 is 0. The molecule has 0 atom stereocenters. The van der Waals surface area contributed by atoms with Gasteiger partial charge in [-0.05, 0) is 6.92 Å². The molecule has 0 radical (unpaired) electrons. The number of hydrogen-bond acceptors (Lipinski definition) is 5. The predicted octanol–water partition coefficient (Wildman–Crippen LogP) is -0.654. The number of carbonyl (C=O) groups excluding carboxylic acids is 1. The van der Waals surface area contributed by atoms with Gasteiger partial charge in [-0.2, -0.15) is 0 Å². The number of nitrogens with two attached hydrogens (primary N) is 1. The van der Waals surface area contributed by atoms with Gasteiger partial charge in [0.1, 0.15) is 5.75 Å². The van der Waals surface area contributed by atoms with Crippen LogP contribution in [0.5, 0.6) is 5.75 Å². The Kier molecular flexibility index (Phi) is 5.34. The zero-order chi connectivity index (χ0) is 13.5. The first-order valence-electron chi connectivity index (χ1n) is 5.57. The van der Waals surface area contributed by atoms with Gasteiger partial charge >= 0.3 is 6.03 Å². The lowest BCUT2D eigenvalue weighted by Gasteiger charge is -2.12. The molecule has 7 nitrogen and oxygen atoms in total. The van der Waals surface area contributed by atoms with Crippen LogP contribution in [0, 0.1) is 6.92 Å². The number of urea groups is 1. The van der Waals surface area contributed by atoms with Gasteiger partial charge in [0.2, 0.25) is 0 Å². The standard InChI is InChI=1S/C11H18N4O3/c1-7-10(17)9(8(6-16)4-15-7)5-13-2-3-14-11(12)18/h4,13,16-17H,2-3,5-6H2,1H3,(H3,12,14,18). The minimum atomic E-state index is -0.574. The van der Waals surface area contributed by atoms with Crippen LogP contribution in [0.25, 0.3) is 0 Å². The van der Waals surface area contributed by atoms with Crippen molar-refractivity contribution in [1.82, 2.24) is 15.6 Å².